The van der Waals surface area contributed by atoms with Gasteiger partial charge in [0.2, 0.25) is 21.8 Å². The van der Waals surface area contributed by atoms with E-state index < -0.39 is 73.3 Å². The average molecular weight is 794 g/mol. The van der Waals surface area contributed by atoms with Crippen LogP contribution in [0.2, 0.25) is 0 Å². The van der Waals surface area contributed by atoms with Crippen molar-refractivity contribution in [3.05, 3.63) is 47.4 Å². The number of rotatable bonds is 5. The number of carbonyl (C=O) groups is 4. The highest BCUT2D eigenvalue weighted by Crippen LogP contribution is 2.52. The summed E-state index contributed by atoms with van der Waals surface area (Å²) >= 11 is 0. The van der Waals surface area contributed by atoms with Crippen molar-refractivity contribution in [2.75, 3.05) is 6.54 Å². The standard InChI is InChI=1S/C41H52FN5O8S/c1-38(2,3)55-37(51)44-30-11-9-7-5-6-8-10-25-21-41(25,36(50)46-56(52,53)39(4)18-19-39)45-34(48)31-22-40(23-47(31)35(30)49)17-16-27-28-20-26(42)14-15-29(28)43-32(24-12-13-24)33(27)54-40/h8,10,14-15,20,24-25,30-31H,5-7,9,11-13,16-19,21-23H2,1-4H3,(H,44,51)(H,45,48)(H,46,50)/b10-8-/t25?,30-,31?,40+,41?/m0/s1. The molecule has 6 aliphatic rings. The number of halogens is 1. The number of hydrogen-bond acceptors (Lipinski definition) is 9. The number of hydrogen-bond donors (Lipinski definition) is 3. The fraction of sp³-hybridized carbons (Fsp3) is 0.634. The number of nitrogens with zero attached hydrogens (tertiary/aromatic N) is 2. The quantitative estimate of drug-likeness (QED) is 0.344. The van der Waals surface area contributed by atoms with Crippen LogP contribution in [0, 0.1) is 11.7 Å². The van der Waals surface area contributed by atoms with Gasteiger partial charge in [-0.25, -0.2) is 22.6 Å². The van der Waals surface area contributed by atoms with Crippen LogP contribution >= 0.6 is 0 Å². The Morgan fingerprint density at radius 3 is 2.55 bits per heavy atom. The van der Waals surface area contributed by atoms with E-state index in [0.29, 0.717) is 61.6 Å². The van der Waals surface area contributed by atoms with Crippen LogP contribution in [0.25, 0.3) is 10.9 Å². The van der Waals surface area contributed by atoms with Crippen LogP contribution in [-0.4, -0.2) is 82.2 Å². The van der Waals surface area contributed by atoms with E-state index in [9.17, 15) is 32.0 Å². The van der Waals surface area contributed by atoms with E-state index in [1.807, 2.05) is 12.2 Å². The third-order valence-electron chi connectivity index (χ3n) is 12.4. The summed E-state index contributed by atoms with van der Waals surface area (Å²) in [5, 5.41) is 6.39. The molecule has 3 saturated carbocycles. The fourth-order valence-corrected chi connectivity index (χ4v) is 9.92. The summed E-state index contributed by atoms with van der Waals surface area (Å²) < 4.78 is 54.8. The highest BCUT2D eigenvalue weighted by molar-refractivity contribution is 7.91. The molecule has 4 fully saturated rings. The second kappa shape index (κ2) is 13.7. The first-order valence-electron chi connectivity index (χ1n) is 20.1. The molecule has 0 bridgehead atoms. The zero-order valence-electron chi connectivity index (χ0n) is 32.5. The molecule has 3 aliphatic heterocycles. The molecule has 3 N–H and O–H groups in total. The third kappa shape index (κ3) is 7.35. The van der Waals surface area contributed by atoms with E-state index in [4.69, 9.17) is 14.5 Å². The maximum Gasteiger partial charge on any atom is 0.408 e. The molecule has 1 spiro atoms. The minimum atomic E-state index is -4.00. The normalized spacial score (nSPS) is 30.7. The van der Waals surface area contributed by atoms with Crippen LogP contribution in [-0.2, 0) is 35.6 Å². The first-order valence-corrected chi connectivity index (χ1v) is 21.6. The van der Waals surface area contributed by atoms with E-state index >= 15 is 0 Å². The van der Waals surface area contributed by atoms with Gasteiger partial charge < -0.3 is 25.0 Å². The Morgan fingerprint density at radius 1 is 1.07 bits per heavy atom. The third-order valence-corrected chi connectivity index (χ3v) is 14.6. The topological polar surface area (TPSA) is 173 Å². The number of alkyl carbamates (subject to hydrolysis) is 1. The number of sulfonamides is 1. The van der Waals surface area contributed by atoms with E-state index in [-0.39, 0.29) is 31.1 Å². The molecule has 302 valence electrons. The van der Waals surface area contributed by atoms with Crippen LogP contribution in [0.4, 0.5) is 9.18 Å². The summed E-state index contributed by atoms with van der Waals surface area (Å²) in [5.74, 6) is -1.97. The summed E-state index contributed by atoms with van der Waals surface area (Å²) in [5.41, 5.74) is -1.07. The van der Waals surface area contributed by atoms with Gasteiger partial charge >= 0.3 is 6.09 Å². The molecule has 1 saturated heterocycles. The number of fused-ring (bicyclic) bond motifs is 5. The van der Waals surface area contributed by atoms with Gasteiger partial charge in [0.1, 0.15) is 40.4 Å². The predicted molar refractivity (Wildman–Crippen MR) is 205 cm³/mol. The van der Waals surface area contributed by atoms with Gasteiger partial charge in [-0.15, -0.1) is 0 Å². The van der Waals surface area contributed by atoms with Gasteiger partial charge in [0.05, 0.1) is 22.5 Å². The zero-order valence-corrected chi connectivity index (χ0v) is 33.4. The molecule has 4 amide bonds. The Hall–Kier alpha value is -4.27. The number of ether oxygens (including phenoxy) is 2. The molecule has 8 rings (SSSR count). The van der Waals surface area contributed by atoms with Crippen molar-refractivity contribution in [3.63, 3.8) is 0 Å². The predicted octanol–water partition coefficient (Wildman–Crippen LogP) is 5.20. The van der Waals surface area contributed by atoms with Crippen molar-refractivity contribution >= 4 is 44.7 Å². The van der Waals surface area contributed by atoms with Crippen LogP contribution < -0.4 is 20.1 Å². The number of allylic oxidation sites excluding steroid dienone is 1. The van der Waals surface area contributed by atoms with Crippen molar-refractivity contribution in [2.45, 2.75) is 151 Å². The molecule has 56 heavy (non-hydrogen) atoms. The Kier molecular flexibility index (Phi) is 9.44. The lowest BCUT2D eigenvalue weighted by Gasteiger charge is -2.37. The molecular formula is C41H52FN5O8S. The van der Waals surface area contributed by atoms with Gasteiger partial charge in [0.15, 0.2) is 0 Å². The van der Waals surface area contributed by atoms with Crippen LogP contribution in [0.1, 0.15) is 122 Å². The molecule has 15 heteroatoms. The molecule has 3 unspecified atom stereocenters. The molecule has 4 heterocycles. The fourth-order valence-electron chi connectivity index (χ4n) is 8.61. The molecule has 3 aliphatic carbocycles. The summed E-state index contributed by atoms with van der Waals surface area (Å²) in [4.78, 5) is 63.0. The SMILES string of the molecule is CC(C)(C)OC(=O)N[C@H]1CCCCC/C=C\C2CC2(C(=O)NS(=O)(=O)C2(C)CC2)NC(=O)C2C[C@]3(CCc4c(c(C5CC5)nc5ccc(F)cc45)O3)CN2C1=O. The molecular weight excluding hydrogens is 742 g/mol. The van der Waals surface area contributed by atoms with Gasteiger partial charge in [-0.1, -0.05) is 25.0 Å². The van der Waals surface area contributed by atoms with E-state index in [2.05, 4.69) is 15.4 Å². The minimum Gasteiger partial charge on any atom is -0.483 e. The zero-order chi connectivity index (χ0) is 39.8. The highest BCUT2D eigenvalue weighted by Gasteiger charge is 2.64. The molecule has 13 nitrogen and oxygen atoms in total. The summed E-state index contributed by atoms with van der Waals surface area (Å²) in [6.45, 7) is 6.80. The largest absolute Gasteiger partial charge is 0.483 e. The monoisotopic (exact) mass is 793 g/mol. The average Bonchev–Trinajstić information content (AvgIpc) is 4.05. The lowest BCUT2D eigenvalue weighted by atomic mass is 9.86. The van der Waals surface area contributed by atoms with Gasteiger partial charge in [0, 0.05) is 29.2 Å². The Morgan fingerprint density at radius 2 is 1.84 bits per heavy atom. The van der Waals surface area contributed by atoms with Crippen molar-refractivity contribution in [1.29, 1.82) is 0 Å². The highest BCUT2D eigenvalue weighted by atomic mass is 32.2. The number of benzene rings is 1. The molecule has 0 radical (unpaired) electrons. The first kappa shape index (κ1) is 38.6. The van der Waals surface area contributed by atoms with Crippen LogP contribution in [0.15, 0.2) is 30.4 Å². The smallest absolute Gasteiger partial charge is 0.408 e. The molecule has 1 aromatic carbocycles. The van der Waals surface area contributed by atoms with Crippen LogP contribution in [0.5, 0.6) is 5.75 Å². The number of pyridine rings is 1. The second-order valence-corrected chi connectivity index (χ2v) is 20.3. The Balaban J connectivity index is 1.15. The lowest BCUT2D eigenvalue weighted by molar-refractivity contribution is -0.141. The Bertz CT molecular complexity index is 2130. The summed E-state index contributed by atoms with van der Waals surface area (Å²) in [7, 11) is -4.00. The molecule has 1 aromatic heterocycles. The lowest BCUT2D eigenvalue weighted by Crippen LogP contribution is -2.58. The van der Waals surface area contributed by atoms with E-state index in [1.54, 1.807) is 33.8 Å². The molecule has 2 aromatic rings. The van der Waals surface area contributed by atoms with E-state index in [1.165, 1.54) is 17.0 Å². The summed E-state index contributed by atoms with van der Waals surface area (Å²) in [6, 6.07) is 2.40. The molecule has 5 atom stereocenters. The van der Waals surface area contributed by atoms with Crippen molar-refractivity contribution < 1.29 is 41.5 Å². The Labute approximate surface area is 326 Å². The van der Waals surface area contributed by atoms with Crippen molar-refractivity contribution in [2.24, 2.45) is 5.92 Å². The number of amides is 4. The van der Waals surface area contributed by atoms with Gasteiger partial charge in [-0.3, -0.25) is 19.1 Å². The second-order valence-electron chi connectivity index (χ2n) is 18.1. The van der Waals surface area contributed by atoms with E-state index in [0.717, 1.165) is 36.9 Å². The number of aromatic nitrogens is 1. The maximum absolute atomic E-state index is 14.8. The van der Waals surface area contributed by atoms with Crippen molar-refractivity contribution in [3.8, 4) is 5.75 Å². The number of carbonyl (C=O) groups excluding carboxylic acids is 4. The number of aryl methyl sites for hydroxylation is 1. The van der Waals surface area contributed by atoms with Crippen molar-refractivity contribution in [1.82, 2.24) is 25.2 Å². The van der Waals surface area contributed by atoms with Gasteiger partial charge in [-0.05, 0) is 110 Å². The van der Waals surface area contributed by atoms with Crippen LogP contribution in [0.3, 0.4) is 0 Å². The maximum atomic E-state index is 14.8. The summed E-state index contributed by atoms with van der Waals surface area (Å²) in [6.07, 6.45) is 10.1. The minimum absolute atomic E-state index is 0.0103. The number of nitrogens with one attached hydrogen (secondary N) is 3. The van der Waals surface area contributed by atoms with Gasteiger partial charge in [0.25, 0.3) is 5.91 Å². The van der Waals surface area contributed by atoms with Gasteiger partial charge in [-0.2, -0.15) is 0 Å². The first-order chi connectivity index (χ1) is 26.4.